The molecule has 2 amide bonds. The van der Waals surface area contributed by atoms with E-state index >= 15 is 0 Å². The Hall–Kier alpha value is -1.40. The number of hydrogen-bond donors (Lipinski definition) is 1. The molecule has 0 heterocycles. The van der Waals surface area contributed by atoms with Gasteiger partial charge in [-0.3, -0.25) is 9.59 Å². The molecule has 0 saturated carbocycles. The molecule has 2 aromatic rings. The van der Waals surface area contributed by atoms with E-state index < -0.39 is 6.04 Å². The third-order valence-electron chi connectivity index (χ3n) is 4.49. The Balaban J connectivity index is 2.14. The predicted molar refractivity (Wildman–Crippen MR) is 127 cm³/mol. The average Bonchev–Trinajstić information content (AvgIpc) is 2.71. The molecule has 0 aliphatic heterocycles. The van der Waals surface area contributed by atoms with Crippen molar-refractivity contribution >= 4 is 58.4 Å². The van der Waals surface area contributed by atoms with Crippen molar-refractivity contribution in [3.63, 3.8) is 0 Å². The number of carbonyl (C=O) groups excluding carboxylic acids is 2. The lowest BCUT2D eigenvalue weighted by Gasteiger charge is -2.31. The SMILES string of the molecule is CCNC(=O)[C@H](CC)N(Cc1ccc(Cl)cc1Cl)C(=O)CCSc1ccc(Cl)cc1. The molecule has 0 radical (unpaired) electrons. The fourth-order valence-electron chi connectivity index (χ4n) is 2.98. The third-order valence-corrected chi connectivity index (χ3v) is 6.34. The second-order valence-electron chi connectivity index (χ2n) is 6.63. The molecule has 30 heavy (non-hydrogen) atoms. The molecule has 4 nitrogen and oxygen atoms in total. The first-order valence-corrected chi connectivity index (χ1v) is 11.9. The van der Waals surface area contributed by atoms with Crippen LogP contribution in [-0.2, 0) is 16.1 Å². The molecular formula is C22H25Cl3N2O2S. The topological polar surface area (TPSA) is 49.4 Å². The zero-order valence-electron chi connectivity index (χ0n) is 17.0. The minimum atomic E-state index is -0.565. The maximum absolute atomic E-state index is 13.1. The van der Waals surface area contributed by atoms with E-state index in [1.54, 1.807) is 34.9 Å². The van der Waals surface area contributed by atoms with Crippen molar-refractivity contribution in [2.45, 2.75) is 44.2 Å². The van der Waals surface area contributed by atoms with Crippen LogP contribution in [0.15, 0.2) is 47.4 Å². The summed E-state index contributed by atoms with van der Waals surface area (Å²) in [6.07, 6.45) is 0.807. The van der Waals surface area contributed by atoms with Gasteiger partial charge in [0.2, 0.25) is 11.8 Å². The number of thioether (sulfide) groups is 1. The van der Waals surface area contributed by atoms with Gasteiger partial charge >= 0.3 is 0 Å². The molecule has 2 rings (SSSR count). The normalized spacial score (nSPS) is 11.8. The summed E-state index contributed by atoms with van der Waals surface area (Å²) < 4.78 is 0. The summed E-state index contributed by atoms with van der Waals surface area (Å²) in [4.78, 5) is 28.4. The molecule has 162 valence electrons. The summed E-state index contributed by atoms with van der Waals surface area (Å²) in [5.41, 5.74) is 0.752. The van der Waals surface area contributed by atoms with Gasteiger partial charge in [-0.15, -0.1) is 11.8 Å². The lowest BCUT2D eigenvalue weighted by molar-refractivity contribution is -0.141. The van der Waals surface area contributed by atoms with Gasteiger partial charge in [-0.1, -0.05) is 47.8 Å². The van der Waals surface area contributed by atoms with Crippen molar-refractivity contribution in [3.05, 3.63) is 63.1 Å². The van der Waals surface area contributed by atoms with Crippen LogP contribution in [0, 0.1) is 0 Å². The lowest BCUT2D eigenvalue weighted by atomic mass is 10.1. The minimum Gasteiger partial charge on any atom is -0.355 e. The summed E-state index contributed by atoms with van der Waals surface area (Å²) in [5, 5.41) is 4.50. The van der Waals surface area contributed by atoms with Crippen LogP contribution < -0.4 is 5.32 Å². The van der Waals surface area contributed by atoms with Crippen LogP contribution in [0.1, 0.15) is 32.3 Å². The van der Waals surface area contributed by atoms with Crippen molar-refractivity contribution in [2.75, 3.05) is 12.3 Å². The molecule has 0 unspecified atom stereocenters. The molecule has 0 aromatic heterocycles. The standard InChI is InChI=1S/C22H25Cl3N2O2S/c1-3-20(22(29)26-4-2)27(14-15-5-6-17(24)13-19(15)25)21(28)11-12-30-18-9-7-16(23)8-10-18/h5-10,13,20H,3-4,11-12,14H2,1-2H3,(H,26,29)/t20-/m0/s1. The van der Waals surface area contributed by atoms with E-state index in [0.717, 1.165) is 10.5 Å². The molecule has 1 atom stereocenters. The van der Waals surface area contributed by atoms with Gasteiger partial charge in [0.05, 0.1) is 0 Å². The van der Waals surface area contributed by atoms with Crippen molar-refractivity contribution < 1.29 is 9.59 Å². The van der Waals surface area contributed by atoms with Crippen LogP contribution in [0.3, 0.4) is 0 Å². The number of halogens is 3. The number of carbonyl (C=O) groups is 2. The summed E-state index contributed by atoms with van der Waals surface area (Å²) in [5.74, 6) is 0.335. The number of likely N-dealkylation sites (N-methyl/N-ethyl adjacent to an activating group) is 1. The second-order valence-corrected chi connectivity index (χ2v) is 9.08. The quantitative estimate of drug-likeness (QED) is 0.414. The van der Waals surface area contributed by atoms with Crippen LogP contribution in [-0.4, -0.2) is 35.1 Å². The highest BCUT2D eigenvalue weighted by Gasteiger charge is 2.28. The minimum absolute atomic E-state index is 0.0967. The molecule has 8 heteroatoms. The molecule has 0 saturated heterocycles. The summed E-state index contributed by atoms with van der Waals surface area (Å²) in [6.45, 7) is 4.50. The predicted octanol–water partition coefficient (Wildman–Crippen LogP) is 6.07. The van der Waals surface area contributed by atoms with Gasteiger partial charge in [-0.05, 0) is 55.3 Å². The van der Waals surface area contributed by atoms with E-state index in [1.807, 2.05) is 38.1 Å². The number of hydrogen-bond acceptors (Lipinski definition) is 3. The van der Waals surface area contributed by atoms with Crippen LogP contribution in [0.25, 0.3) is 0 Å². The van der Waals surface area contributed by atoms with E-state index in [-0.39, 0.29) is 18.4 Å². The Labute approximate surface area is 197 Å². The first-order chi connectivity index (χ1) is 14.3. The van der Waals surface area contributed by atoms with Gasteiger partial charge in [-0.2, -0.15) is 0 Å². The molecular weight excluding hydrogens is 463 g/mol. The van der Waals surface area contributed by atoms with Gasteiger partial charge < -0.3 is 10.2 Å². The Morgan fingerprint density at radius 2 is 1.70 bits per heavy atom. The van der Waals surface area contributed by atoms with Gasteiger partial charge in [0, 0.05) is 45.2 Å². The van der Waals surface area contributed by atoms with Crippen molar-refractivity contribution in [2.24, 2.45) is 0 Å². The van der Waals surface area contributed by atoms with Crippen molar-refractivity contribution in [3.8, 4) is 0 Å². The van der Waals surface area contributed by atoms with Gasteiger partial charge in [0.1, 0.15) is 6.04 Å². The molecule has 0 fully saturated rings. The fraction of sp³-hybridized carbons (Fsp3) is 0.364. The zero-order valence-corrected chi connectivity index (χ0v) is 20.0. The molecule has 0 aliphatic rings. The Morgan fingerprint density at radius 3 is 2.30 bits per heavy atom. The van der Waals surface area contributed by atoms with E-state index in [4.69, 9.17) is 34.8 Å². The summed E-state index contributed by atoms with van der Waals surface area (Å²) in [7, 11) is 0. The van der Waals surface area contributed by atoms with Crippen LogP contribution >= 0.6 is 46.6 Å². The highest BCUT2D eigenvalue weighted by molar-refractivity contribution is 7.99. The summed E-state index contributed by atoms with van der Waals surface area (Å²) >= 11 is 19.8. The number of benzene rings is 2. The van der Waals surface area contributed by atoms with E-state index in [0.29, 0.717) is 40.2 Å². The van der Waals surface area contributed by atoms with Crippen molar-refractivity contribution in [1.82, 2.24) is 10.2 Å². The third kappa shape index (κ3) is 7.38. The highest BCUT2D eigenvalue weighted by atomic mass is 35.5. The molecule has 0 aliphatic carbocycles. The maximum Gasteiger partial charge on any atom is 0.242 e. The molecule has 2 aromatic carbocycles. The summed E-state index contributed by atoms with van der Waals surface area (Å²) in [6, 6.07) is 12.1. The monoisotopic (exact) mass is 486 g/mol. The smallest absolute Gasteiger partial charge is 0.242 e. The van der Waals surface area contributed by atoms with Crippen molar-refractivity contribution in [1.29, 1.82) is 0 Å². The molecule has 0 spiro atoms. The number of nitrogens with zero attached hydrogens (tertiary/aromatic N) is 1. The molecule has 0 bridgehead atoms. The Bertz CT molecular complexity index is 862. The van der Waals surface area contributed by atoms with Gasteiger partial charge in [0.25, 0.3) is 0 Å². The van der Waals surface area contributed by atoms with E-state index in [2.05, 4.69) is 5.32 Å². The zero-order chi connectivity index (χ0) is 22.1. The Kier molecular flexibility index (Phi) is 10.3. The fourth-order valence-corrected chi connectivity index (χ4v) is 4.41. The van der Waals surface area contributed by atoms with Crippen LogP contribution in [0.2, 0.25) is 15.1 Å². The highest BCUT2D eigenvalue weighted by Crippen LogP contribution is 2.25. The largest absolute Gasteiger partial charge is 0.355 e. The van der Waals surface area contributed by atoms with E-state index in [9.17, 15) is 9.59 Å². The Morgan fingerprint density at radius 1 is 1.03 bits per heavy atom. The maximum atomic E-state index is 13.1. The first-order valence-electron chi connectivity index (χ1n) is 9.75. The van der Waals surface area contributed by atoms with Crippen LogP contribution in [0.5, 0.6) is 0 Å². The number of rotatable bonds is 10. The van der Waals surface area contributed by atoms with Crippen LogP contribution in [0.4, 0.5) is 0 Å². The lowest BCUT2D eigenvalue weighted by Crippen LogP contribution is -2.49. The average molecular weight is 488 g/mol. The second kappa shape index (κ2) is 12.5. The number of amides is 2. The van der Waals surface area contributed by atoms with Gasteiger partial charge in [-0.25, -0.2) is 0 Å². The first kappa shape index (κ1) is 24.9. The van der Waals surface area contributed by atoms with Gasteiger partial charge in [0.15, 0.2) is 0 Å². The van der Waals surface area contributed by atoms with E-state index in [1.165, 1.54) is 0 Å². The number of nitrogens with one attached hydrogen (secondary N) is 1. The molecule has 1 N–H and O–H groups in total.